The fourth-order valence-electron chi connectivity index (χ4n) is 5.37. The summed E-state index contributed by atoms with van der Waals surface area (Å²) in [5.41, 5.74) is 8.92. The molecule has 0 aromatic heterocycles. The number of likely N-dealkylation sites (tertiary alicyclic amines) is 1. The standard InChI is InChI=1S/C22H33N3O/c1-15-8-10-25(11-9-15)14-19-5-3-2-4-18(19)13-24-22(26)20-16-6-7-17(12-16)21(20)23/h2-5,15-17,20-21H,6-14,23H2,1H3,(H,24,26). The second-order valence-electron chi connectivity index (χ2n) is 8.88. The van der Waals surface area contributed by atoms with Gasteiger partial charge in [0.15, 0.2) is 0 Å². The lowest BCUT2D eigenvalue weighted by Crippen LogP contribution is -2.45. The number of nitrogens with two attached hydrogens (primary N) is 1. The van der Waals surface area contributed by atoms with Gasteiger partial charge in [-0.25, -0.2) is 0 Å². The lowest BCUT2D eigenvalue weighted by Gasteiger charge is -2.31. The van der Waals surface area contributed by atoms with Gasteiger partial charge in [-0.1, -0.05) is 31.2 Å². The first kappa shape index (κ1) is 18.0. The van der Waals surface area contributed by atoms with Crippen LogP contribution >= 0.6 is 0 Å². The molecule has 1 amide bonds. The molecular weight excluding hydrogens is 322 g/mol. The summed E-state index contributed by atoms with van der Waals surface area (Å²) in [6.45, 7) is 6.33. The summed E-state index contributed by atoms with van der Waals surface area (Å²) in [6.07, 6.45) is 6.14. The maximum atomic E-state index is 12.8. The molecular formula is C22H33N3O. The molecule has 4 heteroatoms. The number of nitrogens with one attached hydrogen (secondary N) is 1. The van der Waals surface area contributed by atoms with Gasteiger partial charge in [0.25, 0.3) is 0 Å². The zero-order valence-corrected chi connectivity index (χ0v) is 16.0. The molecule has 1 aliphatic heterocycles. The molecule has 3 aliphatic rings. The van der Waals surface area contributed by atoms with Gasteiger partial charge in [0.2, 0.25) is 5.91 Å². The van der Waals surface area contributed by atoms with Crippen LogP contribution in [0.3, 0.4) is 0 Å². The predicted octanol–water partition coefficient (Wildman–Crippen LogP) is 2.91. The fourth-order valence-corrected chi connectivity index (χ4v) is 5.37. The molecule has 1 saturated heterocycles. The van der Waals surface area contributed by atoms with E-state index in [1.165, 1.54) is 49.9 Å². The Morgan fingerprint density at radius 2 is 1.81 bits per heavy atom. The van der Waals surface area contributed by atoms with Crippen LogP contribution < -0.4 is 11.1 Å². The van der Waals surface area contributed by atoms with Gasteiger partial charge in [-0.2, -0.15) is 0 Å². The number of fused-ring (bicyclic) bond motifs is 2. The Bertz CT molecular complexity index is 636. The molecule has 3 N–H and O–H groups in total. The summed E-state index contributed by atoms with van der Waals surface area (Å²) in [5, 5.41) is 3.20. The van der Waals surface area contributed by atoms with E-state index >= 15 is 0 Å². The van der Waals surface area contributed by atoms with E-state index in [-0.39, 0.29) is 17.9 Å². The van der Waals surface area contributed by atoms with Gasteiger partial charge in [-0.3, -0.25) is 9.69 Å². The highest BCUT2D eigenvalue weighted by molar-refractivity contribution is 5.80. The highest BCUT2D eigenvalue weighted by Crippen LogP contribution is 2.47. The summed E-state index contributed by atoms with van der Waals surface area (Å²) in [7, 11) is 0. The van der Waals surface area contributed by atoms with Gasteiger partial charge in [-0.15, -0.1) is 0 Å². The third kappa shape index (κ3) is 3.67. The van der Waals surface area contributed by atoms with Crippen molar-refractivity contribution < 1.29 is 4.79 Å². The smallest absolute Gasteiger partial charge is 0.225 e. The largest absolute Gasteiger partial charge is 0.352 e. The third-order valence-electron chi connectivity index (χ3n) is 7.13. The summed E-state index contributed by atoms with van der Waals surface area (Å²) in [5.74, 6) is 2.15. The number of benzene rings is 1. The van der Waals surface area contributed by atoms with Gasteiger partial charge in [0.05, 0.1) is 5.92 Å². The monoisotopic (exact) mass is 355 g/mol. The molecule has 142 valence electrons. The normalized spacial score (nSPS) is 32.1. The fraction of sp³-hybridized carbons (Fsp3) is 0.682. The van der Waals surface area contributed by atoms with Crippen molar-refractivity contribution in [1.29, 1.82) is 0 Å². The molecule has 1 heterocycles. The molecule has 0 spiro atoms. The molecule has 1 aromatic carbocycles. The van der Waals surface area contributed by atoms with Crippen LogP contribution in [0.4, 0.5) is 0 Å². The molecule has 4 unspecified atom stereocenters. The number of carbonyl (C=O) groups excluding carboxylic acids is 1. The Balaban J connectivity index is 1.35. The predicted molar refractivity (Wildman–Crippen MR) is 104 cm³/mol. The number of carbonyl (C=O) groups is 1. The van der Waals surface area contributed by atoms with E-state index in [4.69, 9.17) is 5.73 Å². The molecule has 4 rings (SSSR count). The highest BCUT2D eigenvalue weighted by Gasteiger charge is 2.48. The van der Waals surface area contributed by atoms with Crippen LogP contribution in [0.2, 0.25) is 0 Å². The molecule has 4 atom stereocenters. The zero-order chi connectivity index (χ0) is 18.1. The van der Waals surface area contributed by atoms with Crippen LogP contribution in [0.1, 0.15) is 50.2 Å². The van der Waals surface area contributed by atoms with Crippen LogP contribution in [-0.2, 0) is 17.9 Å². The number of hydrogen-bond donors (Lipinski definition) is 2. The topological polar surface area (TPSA) is 58.4 Å². The second-order valence-corrected chi connectivity index (χ2v) is 8.88. The van der Waals surface area contributed by atoms with Gasteiger partial charge in [-0.05, 0) is 74.1 Å². The minimum Gasteiger partial charge on any atom is -0.352 e. The van der Waals surface area contributed by atoms with E-state index < -0.39 is 0 Å². The van der Waals surface area contributed by atoms with Crippen LogP contribution in [0.5, 0.6) is 0 Å². The molecule has 3 fully saturated rings. The Morgan fingerprint density at radius 1 is 1.12 bits per heavy atom. The molecule has 1 aromatic rings. The summed E-state index contributed by atoms with van der Waals surface area (Å²) < 4.78 is 0. The Hall–Kier alpha value is -1.39. The first-order chi connectivity index (χ1) is 12.6. The van der Waals surface area contributed by atoms with Crippen LogP contribution in [0, 0.1) is 23.7 Å². The number of rotatable bonds is 5. The SMILES string of the molecule is CC1CCN(Cc2ccccc2CNC(=O)C2C3CCC(C3)C2N)CC1. The van der Waals surface area contributed by atoms with Gasteiger partial charge in [0, 0.05) is 19.1 Å². The minimum absolute atomic E-state index is 0.0319. The van der Waals surface area contributed by atoms with E-state index in [0.717, 1.165) is 18.9 Å². The first-order valence-corrected chi connectivity index (χ1v) is 10.4. The minimum atomic E-state index is 0.0319. The Labute approximate surface area is 157 Å². The van der Waals surface area contributed by atoms with Crippen LogP contribution in [0.25, 0.3) is 0 Å². The zero-order valence-electron chi connectivity index (χ0n) is 16.0. The van der Waals surface area contributed by atoms with Crippen LogP contribution in [-0.4, -0.2) is 29.9 Å². The van der Waals surface area contributed by atoms with Crippen molar-refractivity contribution in [1.82, 2.24) is 10.2 Å². The van der Waals surface area contributed by atoms with Crippen molar-refractivity contribution in [3.63, 3.8) is 0 Å². The van der Waals surface area contributed by atoms with E-state index in [1.807, 2.05) is 0 Å². The number of amides is 1. The summed E-state index contributed by atoms with van der Waals surface area (Å²) >= 11 is 0. The van der Waals surface area contributed by atoms with E-state index in [1.54, 1.807) is 0 Å². The molecule has 26 heavy (non-hydrogen) atoms. The number of nitrogens with zero attached hydrogens (tertiary/aromatic N) is 1. The lowest BCUT2D eigenvalue weighted by molar-refractivity contribution is -0.127. The molecule has 2 saturated carbocycles. The van der Waals surface area contributed by atoms with Gasteiger partial charge in [0.1, 0.15) is 0 Å². The summed E-state index contributed by atoms with van der Waals surface area (Å²) in [6, 6.07) is 8.62. The molecule has 2 aliphatic carbocycles. The van der Waals surface area contributed by atoms with Crippen molar-refractivity contribution in [2.24, 2.45) is 29.4 Å². The lowest BCUT2D eigenvalue weighted by atomic mass is 9.84. The average molecular weight is 356 g/mol. The van der Waals surface area contributed by atoms with Crippen molar-refractivity contribution in [2.75, 3.05) is 13.1 Å². The van der Waals surface area contributed by atoms with Crippen molar-refractivity contribution in [3.05, 3.63) is 35.4 Å². The van der Waals surface area contributed by atoms with Crippen molar-refractivity contribution >= 4 is 5.91 Å². The van der Waals surface area contributed by atoms with Gasteiger partial charge >= 0.3 is 0 Å². The average Bonchev–Trinajstić information content (AvgIpc) is 3.24. The summed E-state index contributed by atoms with van der Waals surface area (Å²) in [4.78, 5) is 15.3. The van der Waals surface area contributed by atoms with Gasteiger partial charge < -0.3 is 11.1 Å². The highest BCUT2D eigenvalue weighted by atomic mass is 16.1. The van der Waals surface area contributed by atoms with Crippen molar-refractivity contribution in [2.45, 2.75) is 58.2 Å². The van der Waals surface area contributed by atoms with Crippen LogP contribution in [0.15, 0.2) is 24.3 Å². The third-order valence-corrected chi connectivity index (χ3v) is 7.13. The Kier molecular flexibility index (Phi) is 5.32. The maximum Gasteiger partial charge on any atom is 0.225 e. The Morgan fingerprint density at radius 3 is 2.50 bits per heavy atom. The molecule has 2 bridgehead atoms. The van der Waals surface area contributed by atoms with E-state index in [0.29, 0.717) is 18.4 Å². The van der Waals surface area contributed by atoms with Crippen molar-refractivity contribution in [3.8, 4) is 0 Å². The first-order valence-electron chi connectivity index (χ1n) is 10.4. The maximum absolute atomic E-state index is 12.8. The molecule has 0 radical (unpaired) electrons. The van der Waals surface area contributed by atoms with E-state index in [2.05, 4.69) is 41.4 Å². The number of piperidine rings is 1. The number of hydrogen-bond acceptors (Lipinski definition) is 3. The second kappa shape index (κ2) is 7.69. The molecule has 4 nitrogen and oxygen atoms in total. The van der Waals surface area contributed by atoms with E-state index in [9.17, 15) is 4.79 Å². The quantitative estimate of drug-likeness (QED) is 0.854.